The Morgan fingerprint density at radius 2 is 2.00 bits per heavy atom. The van der Waals surface area contributed by atoms with E-state index in [4.69, 9.17) is 0 Å². The molecule has 5 heteroatoms. The summed E-state index contributed by atoms with van der Waals surface area (Å²) in [4.78, 5) is 37.5. The number of aromatic nitrogens is 2. The number of aromatic amines is 1. The van der Waals surface area contributed by atoms with Gasteiger partial charge in [0.1, 0.15) is 0 Å². The fraction of sp³-hybridized carbons (Fsp3) is 0.615. The summed E-state index contributed by atoms with van der Waals surface area (Å²) in [5, 5.41) is 0. The van der Waals surface area contributed by atoms with Crippen molar-refractivity contribution in [3.8, 4) is 0 Å². The number of nitrogens with one attached hydrogen (secondary N) is 1. The molecule has 0 amide bonds. The smallest absolute Gasteiger partial charge is 0.313 e. The molecule has 0 aliphatic heterocycles. The first-order chi connectivity index (χ1) is 8.38. The number of nitrogens with zero attached hydrogens (tertiary/aromatic N) is 1. The van der Waals surface area contributed by atoms with Crippen LogP contribution in [0.2, 0.25) is 0 Å². The van der Waals surface area contributed by atoms with Gasteiger partial charge < -0.3 is 4.98 Å². The van der Waals surface area contributed by atoms with E-state index in [1.54, 1.807) is 0 Å². The third-order valence-electron chi connectivity index (χ3n) is 3.27. The van der Waals surface area contributed by atoms with E-state index in [1.165, 1.54) is 13.1 Å². The number of Topliss-reactive ketones (excluding diaryl/α,β-unsaturated/α-hetero) is 1. The molecule has 0 bridgehead atoms. The molecule has 5 nitrogen and oxygen atoms in total. The quantitative estimate of drug-likeness (QED) is 0.811. The lowest BCUT2D eigenvalue weighted by Gasteiger charge is -2.17. The van der Waals surface area contributed by atoms with E-state index in [-0.39, 0.29) is 17.4 Å². The van der Waals surface area contributed by atoms with Gasteiger partial charge in [0.2, 0.25) is 0 Å². The average molecular weight is 252 g/mol. The molecule has 1 aromatic rings. The van der Waals surface area contributed by atoms with Crippen molar-refractivity contribution in [2.75, 3.05) is 0 Å². The Morgan fingerprint density at radius 1 is 1.39 bits per heavy atom. The van der Waals surface area contributed by atoms with Gasteiger partial charge in [-0.15, -0.1) is 0 Å². The van der Waals surface area contributed by atoms with Gasteiger partial charge >= 0.3 is 5.69 Å². The molecule has 2 unspecified atom stereocenters. The van der Waals surface area contributed by atoms with Gasteiger partial charge in [-0.3, -0.25) is 14.2 Å². The minimum Gasteiger partial charge on any atom is -0.313 e. The largest absolute Gasteiger partial charge is 0.328 e. The topological polar surface area (TPSA) is 71.9 Å². The summed E-state index contributed by atoms with van der Waals surface area (Å²) < 4.78 is 1.14. The van der Waals surface area contributed by atoms with E-state index in [9.17, 15) is 14.4 Å². The van der Waals surface area contributed by atoms with E-state index in [0.29, 0.717) is 5.92 Å². The molecule has 0 aliphatic carbocycles. The van der Waals surface area contributed by atoms with Crippen LogP contribution in [0.1, 0.15) is 56.9 Å². The molecule has 0 fully saturated rings. The van der Waals surface area contributed by atoms with Crippen LogP contribution in [0.3, 0.4) is 0 Å². The molecule has 0 aliphatic rings. The van der Waals surface area contributed by atoms with Crippen LogP contribution in [0.15, 0.2) is 15.8 Å². The Kier molecular flexibility index (Phi) is 4.64. The Hall–Kier alpha value is -1.65. The fourth-order valence-electron chi connectivity index (χ4n) is 1.99. The lowest BCUT2D eigenvalue weighted by molar-refractivity contribution is 0.101. The van der Waals surface area contributed by atoms with Crippen LogP contribution in [0.25, 0.3) is 0 Å². The first kappa shape index (κ1) is 14.4. The maximum atomic E-state index is 12.1. The van der Waals surface area contributed by atoms with Gasteiger partial charge in [-0.1, -0.05) is 20.3 Å². The van der Waals surface area contributed by atoms with Gasteiger partial charge in [-0.05, 0) is 26.2 Å². The minimum atomic E-state index is -0.498. The second kappa shape index (κ2) is 5.80. The highest BCUT2D eigenvalue weighted by molar-refractivity contribution is 5.93. The first-order valence-corrected chi connectivity index (χ1v) is 6.23. The first-order valence-electron chi connectivity index (χ1n) is 6.23. The van der Waals surface area contributed by atoms with Crippen LogP contribution in [0, 0.1) is 5.92 Å². The van der Waals surface area contributed by atoms with Crippen molar-refractivity contribution in [2.24, 2.45) is 5.92 Å². The molecule has 0 radical (unpaired) electrons. The average Bonchev–Trinajstić information content (AvgIpc) is 2.28. The van der Waals surface area contributed by atoms with Crippen molar-refractivity contribution in [3.05, 3.63) is 32.6 Å². The molecule has 0 saturated carbocycles. The molecular weight excluding hydrogens is 232 g/mol. The van der Waals surface area contributed by atoms with Crippen LogP contribution in [-0.4, -0.2) is 15.3 Å². The summed E-state index contributed by atoms with van der Waals surface area (Å²) >= 11 is 0. The van der Waals surface area contributed by atoms with Gasteiger partial charge in [0.15, 0.2) is 5.78 Å². The lowest BCUT2D eigenvalue weighted by Crippen LogP contribution is -2.40. The summed E-state index contributed by atoms with van der Waals surface area (Å²) in [6, 6.07) is -0.213. The summed E-state index contributed by atoms with van der Waals surface area (Å²) in [7, 11) is 0. The predicted octanol–water partition coefficient (Wildman–Crippen LogP) is 1.74. The summed E-state index contributed by atoms with van der Waals surface area (Å²) in [5.74, 6) is 0.0908. The number of hydrogen-bond donors (Lipinski definition) is 1. The van der Waals surface area contributed by atoms with Gasteiger partial charge in [-0.25, -0.2) is 4.79 Å². The molecule has 18 heavy (non-hydrogen) atoms. The number of carbonyl (C=O) groups excluding carboxylic acids is 1. The molecule has 0 saturated heterocycles. The van der Waals surface area contributed by atoms with Crippen LogP contribution in [0.5, 0.6) is 0 Å². The van der Waals surface area contributed by atoms with E-state index < -0.39 is 11.2 Å². The van der Waals surface area contributed by atoms with E-state index in [2.05, 4.69) is 18.8 Å². The van der Waals surface area contributed by atoms with Gasteiger partial charge in [0.05, 0.1) is 5.56 Å². The maximum absolute atomic E-state index is 12.1. The number of H-pyrrole nitrogens is 1. The van der Waals surface area contributed by atoms with Crippen LogP contribution >= 0.6 is 0 Å². The Bertz CT molecular complexity index is 542. The Labute approximate surface area is 106 Å². The molecule has 0 spiro atoms. The van der Waals surface area contributed by atoms with Crippen LogP contribution in [-0.2, 0) is 0 Å². The standard InChI is InChI=1S/C13H20N2O3/c1-5-8(2)6-9(3)15-12(17)11(10(4)16)7-14-13(15)18/h7-9H,5-6H2,1-4H3,(H,14,18). The van der Waals surface area contributed by atoms with Gasteiger partial charge in [-0.2, -0.15) is 0 Å². The summed E-state index contributed by atoms with van der Waals surface area (Å²) in [6.07, 6.45) is 2.92. The second-order valence-electron chi connectivity index (χ2n) is 4.84. The SMILES string of the molecule is CCC(C)CC(C)n1c(=O)[nH]cc(C(C)=O)c1=O. The molecule has 0 aromatic carbocycles. The molecule has 1 N–H and O–H groups in total. The number of hydrogen-bond acceptors (Lipinski definition) is 3. The molecule has 1 heterocycles. The highest BCUT2D eigenvalue weighted by Crippen LogP contribution is 2.16. The monoisotopic (exact) mass is 252 g/mol. The van der Waals surface area contributed by atoms with Crippen molar-refractivity contribution in [1.29, 1.82) is 0 Å². The molecule has 100 valence electrons. The Morgan fingerprint density at radius 3 is 2.50 bits per heavy atom. The molecular formula is C13H20N2O3. The van der Waals surface area contributed by atoms with Crippen molar-refractivity contribution < 1.29 is 4.79 Å². The number of rotatable bonds is 5. The summed E-state index contributed by atoms with van der Waals surface area (Å²) in [5.41, 5.74) is -0.923. The third kappa shape index (κ3) is 2.97. The van der Waals surface area contributed by atoms with E-state index in [0.717, 1.165) is 17.4 Å². The zero-order valence-corrected chi connectivity index (χ0v) is 11.3. The Balaban J connectivity index is 3.23. The second-order valence-corrected chi connectivity index (χ2v) is 4.84. The third-order valence-corrected chi connectivity index (χ3v) is 3.27. The number of carbonyl (C=O) groups is 1. The van der Waals surface area contributed by atoms with Crippen LogP contribution < -0.4 is 11.2 Å². The van der Waals surface area contributed by atoms with Crippen molar-refractivity contribution >= 4 is 5.78 Å². The zero-order valence-electron chi connectivity index (χ0n) is 11.3. The normalized spacial score (nSPS) is 14.2. The highest BCUT2D eigenvalue weighted by atomic mass is 16.2. The van der Waals surface area contributed by atoms with Crippen LogP contribution in [0.4, 0.5) is 0 Å². The fourth-order valence-corrected chi connectivity index (χ4v) is 1.99. The number of ketones is 1. The molecule has 1 aromatic heterocycles. The van der Waals surface area contributed by atoms with Crippen molar-refractivity contribution in [3.63, 3.8) is 0 Å². The van der Waals surface area contributed by atoms with Crippen molar-refractivity contribution in [2.45, 2.75) is 46.6 Å². The van der Waals surface area contributed by atoms with Gasteiger partial charge in [0.25, 0.3) is 5.56 Å². The van der Waals surface area contributed by atoms with E-state index in [1.807, 2.05) is 6.92 Å². The zero-order chi connectivity index (χ0) is 13.9. The highest BCUT2D eigenvalue weighted by Gasteiger charge is 2.17. The predicted molar refractivity (Wildman–Crippen MR) is 70.1 cm³/mol. The van der Waals surface area contributed by atoms with E-state index >= 15 is 0 Å². The molecule has 1 rings (SSSR count). The van der Waals surface area contributed by atoms with Gasteiger partial charge in [0, 0.05) is 12.2 Å². The lowest BCUT2D eigenvalue weighted by atomic mass is 10.00. The minimum absolute atomic E-state index is 0.0330. The van der Waals surface area contributed by atoms with Crippen molar-refractivity contribution in [1.82, 2.24) is 9.55 Å². The maximum Gasteiger partial charge on any atom is 0.328 e. The summed E-state index contributed by atoms with van der Waals surface area (Å²) in [6.45, 7) is 7.28. The molecule has 2 atom stereocenters.